The molecule has 0 aromatic heterocycles. The molecule has 0 N–H and O–H groups in total. The number of carbonyl (C=O) groups excluding carboxylic acids is 1. The van der Waals surface area contributed by atoms with E-state index in [4.69, 9.17) is 0 Å². The molecule has 2 nitrogen and oxygen atoms in total. The van der Waals surface area contributed by atoms with Crippen molar-refractivity contribution in [3.05, 3.63) is 0 Å². The van der Waals surface area contributed by atoms with Gasteiger partial charge in [-0.2, -0.15) is 0 Å². The van der Waals surface area contributed by atoms with Crippen LogP contribution in [0.25, 0.3) is 0 Å². The van der Waals surface area contributed by atoms with Gasteiger partial charge in [0.1, 0.15) is 0 Å². The molecule has 0 saturated heterocycles. The molecule has 10 heavy (non-hydrogen) atoms. The van der Waals surface area contributed by atoms with Crippen molar-refractivity contribution < 1.29 is 9.32 Å². The molecular weight excluding hydrogens is 147 g/mol. The first kappa shape index (κ1) is 9.90. The van der Waals surface area contributed by atoms with Crippen molar-refractivity contribution in [1.29, 1.82) is 0 Å². The van der Waals surface area contributed by atoms with Gasteiger partial charge in [-0.25, -0.2) is 0 Å². The molecule has 0 heterocycles. The van der Waals surface area contributed by atoms with Crippen LogP contribution in [-0.4, -0.2) is 5.97 Å². The summed E-state index contributed by atoms with van der Waals surface area (Å²) in [5, 5.41) is 0. The maximum absolute atomic E-state index is 10.5. The lowest BCUT2D eigenvalue weighted by Gasteiger charge is -1.96. The molecule has 1 unspecified atom stereocenters. The van der Waals surface area contributed by atoms with Crippen LogP contribution in [0.4, 0.5) is 0 Å². The lowest BCUT2D eigenvalue weighted by Crippen LogP contribution is -1.95. The number of hydrogen-bond donors (Lipinski definition) is 0. The molecule has 0 aromatic rings. The van der Waals surface area contributed by atoms with Crippen LogP contribution in [0, 0.1) is 0 Å². The monoisotopic (exact) mass is 162 g/mol. The normalized spacial score (nSPS) is 9.40. The smallest absolute Gasteiger partial charge is 0.307 e. The van der Waals surface area contributed by atoms with E-state index < -0.39 is 0 Å². The Balaban J connectivity index is 2.96. The highest BCUT2D eigenvalue weighted by Crippen LogP contribution is 2.04. The molecule has 0 aliphatic heterocycles. The molecule has 0 rings (SSSR count). The highest BCUT2D eigenvalue weighted by Gasteiger charge is 1.97. The largest absolute Gasteiger partial charge is 0.452 e. The summed E-state index contributed by atoms with van der Waals surface area (Å²) in [7, 11) is 1.97. The summed E-state index contributed by atoms with van der Waals surface area (Å²) in [6.45, 7) is 2.15. The maximum atomic E-state index is 10.5. The van der Waals surface area contributed by atoms with Crippen LogP contribution < -0.4 is 0 Å². The fourth-order valence-electron chi connectivity index (χ4n) is 0.755. The third-order valence-corrected chi connectivity index (χ3v) is 1.63. The summed E-state index contributed by atoms with van der Waals surface area (Å²) in [6, 6.07) is 0. The molecule has 0 spiro atoms. The van der Waals surface area contributed by atoms with Crippen molar-refractivity contribution >= 4 is 15.4 Å². The topological polar surface area (TPSA) is 26.3 Å². The first-order chi connectivity index (χ1) is 4.81. The zero-order valence-electron chi connectivity index (χ0n) is 6.43. The summed E-state index contributed by atoms with van der Waals surface area (Å²) >= 11 is 0. The lowest BCUT2D eigenvalue weighted by molar-refractivity contribution is -0.133. The highest BCUT2D eigenvalue weighted by atomic mass is 31.0. The molecule has 0 aromatic carbocycles. The van der Waals surface area contributed by atoms with E-state index in [1.165, 1.54) is 12.8 Å². The van der Waals surface area contributed by atoms with Gasteiger partial charge in [0.15, 0.2) is 0 Å². The van der Waals surface area contributed by atoms with Crippen molar-refractivity contribution in [2.24, 2.45) is 0 Å². The van der Waals surface area contributed by atoms with Crippen LogP contribution in [0.5, 0.6) is 0 Å². The van der Waals surface area contributed by atoms with Crippen molar-refractivity contribution in [3.63, 3.8) is 0 Å². The van der Waals surface area contributed by atoms with E-state index in [2.05, 4.69) is 11.4 Å². The summed E-state index contributed by atoms with van der Waals surface area (Å²) in [5.41, 5.74) is 0. The summed E-state index contributed by atoms with van der Waals surface area (Å²) in [6.07, 6.45) is 5.07. The molecule has 0 bridgehead atoms. The third-order valence-electron chi connectivity index (χ3n) is 1.37. The van der Waals surface area contributed by atoms with Crippen LogP contribution >= 0.6 is 9.47 Å². The van der Waals surface area contributed by atoms with Crippen LogP contribution in [-0.2, 0) is 9.32 Å². The Morgan fingerprint density at radius 2 is 2.10 bits per heavy atom. The summed E-state index contributed by atoms with van der Waals surface area (Å²) in [5.74, 6) is -0.124. The van der Waals surface area contributed by atoms with E-state index in [1.807, 2.05) is 9.47 Å². The molecule has 0 fully saturated rings. The van der Waals surface area contributed by atoms with Crippen molar-refractivity contribution in [3.8, 4) is 0 Å². The Morgan fingerprint density at radius 1 is 1.40 bits per heavy atom. The molecule has 0 amide bonds. The van der Waals surface area contributed by atoms with Gasteiger partial charge in [0.25, 0.3) is 0 Å². The number of carbonyl (C=O) groups is 1. The van der Waals surface area contributed by atoms with Gasteiger partial charge in [0.05, 0.1) is 9.47 Å². The third kappa shape index (κ3) is 6.03. The van der Waals surface area contributed by atoms with Crippen LogP contribution in [0.15, 0.2) is 0 Å². The van der Waals surface area contributed by atoms with Crippen molar-refractivity contribution in [2.75, 3.05) is 0 Å². The quantitative estimate of drug-likeness (QED) is 0.458. The van der Waals surface area contributed by atoms with Gasteiger partial charge in [-0.15, -0.1) is 0 Å². The minimum atomic E-state index is -0.124. The van der Waals surface area contributed by atoms with Gasteiger partial charge >= 0.3 is 5.97 Å². The zero-order chi connectivity index (χ0) is 7.82. The van der Waals surface area contributed by atoms with Gasteiger partial charge in [-0.3, -0.25) is 4.79 Å². The molecule has 0 saturated carbocycles. The standard InChI is InChI=1S/C7H15O2P/c1-2-3-4-5-6-7(8)9-10/h2-6,10H2,1H3. The van der Waals surface area contributed by atoms with Crippen molar-refractivity contribution in [1.82, 2.24) is 0 Å². The number of unbranched alkanes of at least 4 members (excludes halogenated alkanes) is 3. The summed E-state index contributed by atoms with van der Waals surface area (Å²) in [4.78, 5) is 10.5. The van der Waals surface area contributed by atoms with Gasteiger partial charge in [0.2, 0.25) is 0 Å². The number of rotatable bonds is 5. The minimum absolute atomic E-state index is 0.124. The van der Waals surface area contributed by atoms with Crippen LogP contribution in [0.3, 0.4) is 0 Å². The molecular formula is C7H15O2P. The van der Waals surface area contributed by atoms with Crippen LogP contribution in [0.2, 0.25) is 0 Å². The Bertz CT molecular complexity index is 93.6. The van der Waals surface area contributed by atoms with Gasteiger partial charge in [-0.05, 0) is 6.42 Å². The SMILES string of the molecule is CCCCCCC(=O)OP. The maximum Gasteiger partial charge on any atom is 0.307 e. The molecule has 60 valence electrons. The average Bonchev–Trinajstić information content (AvgIpc) is 1.98. The van der Waals surface area contributed by atoms with E-state index in [9.17, 15) is 4.79 Å². The van der Waals surface area contributed by atoms with E-state index >= 15 is 0 Å². The fourth-order valence-corrected chi connectivity index (χ4v) is 0.873. The van der Waals surface area contributed by atoms with Crippen molar-refractivity contribution in [2.45, 2.75) is 39.0 Å². The van der Waals surface area contributed by atoms with E-state index in [0.717, 1.165) is 12.8 Å². The first-order valence-corrected chi connectivity index (χ1v) is 4.18. The second-order valence-corrected chi connectivity index (χ2v) is 2.54. The predicted octanol–water partition coefficient (Wildman–Crippen LogP) is 2.29. The van der Waals surface area contributed by atoms with Gasteiger partial charge in [-0.1, -0.05) is 26.2 Å². The molecule has 0 radical (unpaired) electrons. The Kier molecular flexibility index (Phi) is 6.94. The van der Waals surface area contributed by atoms with Gasteiger partial charge < -0.3 is 4.52 Å². The van der Waals surface area contributed by atoms with E-state index in [0.29, 0.717) is 6.42 Å². The molecule has 0 aliphatic carbocycles. The Morgan fingerprint density at radius 3 is 2.60 bits per heavy atom. The molecule has 1 atom stereocenters. The Hall–Kier alpha value is -0.100. The average molecular weight is 162 g/mol. The van der Waals surface area contributed by atoms with Gasteiger partial charge in [0, 0.05) is 6.42 Å². The second kappa shape index (κ2) is 7.01. The molecule has 0 aliphatic rings. The fraction of sp³-hybridized carbons (Fsp3) is 0.857. The molecule has 3 heteroatoms. The van der Waals surface area contributed by atoms with E-state index in [-0.39, 0.29) is 5.97 Å². The highest BCUT2D eigenvalue weighted by molar-refractivity contribution is 7.10. The Labute approximate surface area is 64.6 Å². The predicted molar refractivity (Wildman–Crippen MR) is 44.6 cm³/mol. The minimum Gasteiger partial charge on any atom is -0.452 e. The van der Waals surface area contributed by atoms with Crippen LogP contribution in [0.1, 0.15) is 39.0 Å². The summed E-state index contributed by atoms with van der Waals surface area (Å²) < 4.78 is 4.41. The lowest BCUT2D eigenvalue weighted by atomic mass is 10.2. The zero-order valence-corrected chi connectivity index (χ0v) is 7.58. The first-order valence-electron chi connectivity index (χ1n) is 3.70. The second-order valence-electron chi connectivity index (χ2n) is 2.30. The number of hydrogen-bond acceptors (Lipinski definition) is 2. The van der Waals surface area contributed by atoms with E-state index in [1.54, 1.807) is 0 Å².